The minimum atomic E-state index is -0.0120. The first-order chi connectivity index (χ1) is 17.4. The van der Waals surface area contributed by atoms with Crippen LogP contribution in [0.1, 0.15) is 16.2 Å². The summed E-state index contributed by atoms with van der Waals surface area (Å²) in [6.07, 6.45) is 0. The fourth-order valence-corrected chi connectivity index (χ4v) is 4.74. The van der Waals surface area contributed by atoms with Crippen LogP contribution in [0.3, 0.4) is 0 Å². The Labute approximate surface area is 212 Å². The van der Waals surface area contributed by atoms with Crippen molar-refractivity contribution in [3.05, 3.63) is 47.8 Å². The molecule has 0 bridgehead atoms. The number of carbonyl (C=O) groups is 1. The van der Waals surface area contributed by atoms with Gasteiger partial charge in [-0.05, 0) is 32.2 Å². The third-order valence-corrected chi connectivity index (χ3v) is 6.97. The molecule has 0 N–H and O–H groups in total. The molecule has 10 heteroatoms. The number of aryl methyl sites for hydroxylation is 2. The Morgan fingerprint density at radius 3 is 2.33 bits per heavy atom. The van der Waals surface area contributed by atoms with Gasteiger partial charge in [0.25, 0.3) is 5.91 Å². The van der Waals surface area contributed by atoms with Crippen molar-refractivity contribution >= 4 is 17.7 Å². The van der Waals surface area contributed by atoms with Gasteiger partial charge in [0, 0.05) is 76.7 Å². The Kier molecular flexibility index (Phi) is 6.77. The first-order valence-electron chi connectivity index (χ1n) is 12.4. The number of carbonyl (C=O) groups excluding carboxylic acids is 1. The summed E-state index contributed by atoms with van der Waals surface area (Å²) in [5.74, 6) is 2.49. The fourth-order valence-electron chi connectivity index (χ4n) is 4.74. The van der Waals surface area contributed by atoms with Crippen molar-refractivity contribution in [2.75, 3.05) is 76.3 Å². The first-order valence-corrected chi connectivity index (χ1v) is 12.4. The molecule has 4 heterocycles. The van der Waals surface area contributed by atoms with Crippen LogP contribution in [0.15, 0.2) is 36.4 Å². The van der Waals surface area contributed by atoms with Crippen molar-refractivity contribution in [2.45, 2.75) is 6.92 Å². The average molecular weight is 491 g/mol. The van der Waals surface area contributed by atoms with Crippen LogP contribution < -0.4 is 14.5 Å². The lowest BCUT2D eigenvalue weighted by atomic mass is 10.1. The van der Waals surface area contributed by atoms with Gasteiger partial charge in [0.2, 0.25) is 5.95 Å². The number of anilines is 2. The van der Waals surface area contributed by atoms with E-state index in [4.69, 9.17) is 14.7 Å². The van der Waals surface area contributed by atoms with Crippen LogP contribution in [0, 0.1) is 6.92 Å². The molecule has 1 aromatic carbocycles. The molecule has 2 aliphatic rings. The maximum absolute atomic E-state index is 13.4. The van der Waals surface area contributed by atoms with Gasteiger partial charge < -0.3 is 24.3 Å². The van der Waals surface area contributed by atoms with Gasteiger partial charge in [0.15, 0.2) is 0 Å². The molecule has 36 heavy (non-hydrogen) atoms. The van der Waals surface area contributed by atoms with Crippen molar-refractivity contribution < 1.29 is 9.53 Å². The number of benzene rings is 1. The van der Waals surface area contributed by atoms with E-state index in [9.17, 15) is 4.79 Å². The molecular formula is C26H34N8O2. The molecule has 2 aromatic heterocycles. The zero-order valence-electron chi connectivity index (χ0n) is 21.5. The molecule has 2 aliphatic heterocycles. The number of piperazine rings is 2. The highest BCUT2D eigenvalue weighted by Crippen LogP contribution is 2.25. The Morgan fingerprint density at radius 2 is 1.61 bits per heavy atom. The third kappa shape index (κ3) is 4.99. The largest absolute Gasteiger partial charge is 0.497 e. The molecule has 0 aliphatic carbocycles. The Bertz CT molecular complexity index is 1230. The second kappa shape index (κ2) is 10.1. The number of hydrogen-bond acceptors (Lipinski definition) is 8. The number of nitrogens with zero attached hydrogens (tertiary/aromatic N) is 8. The smallest absolute Gasteiger partial charge is 0.272 e. The number of amides is 1. The molecule has 5 rings (SSSR count). The van der Waals surface area contributed by atoms with E-state index >= 15 is 0 Å². The number of ether oxygens (including phenoxy) is 1. The van der Waals surface area contributed by atoms with Gasteiger partial charge in [-0.1, -0.05) is 12.1 Å². The summed E-state index contributed by atoms with van der Waals surface area (Å²) in [6, 6.07) is 11.6. The van der Waals surface area contributed by atoms with Gasteiger partial charge in [0.1, 0.15) is 17.3 Å². The molecular weight excluding hydrogens is 456 g/mol. The van der Waals surface area contributed by atoms with E-state index in [2.05, 4.69) is 32.9 Å². The standard InChI is InChI=1S/C26H34N8O2/c1-19-16-24(32-10-8-30(2)9-11-32)28-26(27-19)34-14-12-33(13-15-34)25(35)23-18-22(29-31(23)3)20-6-5-7-21(17-20)36-4/h5-7,16-18H,8-15H2,1-4H3. The Hall–Kier alpha value is -3.66. The number of methoxy groups -OCH3 is 1. The van der Waals surface area contributed by atoms with Crippen molar-refractivity contribution in [2.24, 2.45) is 7.05 Å². The predicted octanol–water partition coefficient (Wildman–Crippen LogP) is 1.91. The zero-order valence-corrected chi connectivity index (χ0v) is 21.5. The van der Waals surface area contributed by atoms with Gasteiger partial charge in [-0.2, -0.15) is 10.1 Å². The van der Waals surface area contributed by atoms with Gasteiger partial charge >= 0.3 is 0 Å². The zero-order chi connectivity index (χ0) is 25.2. The highest BCUT2D eigenvalue weighted by molar-refractivity contribution is 5.94. The van der Waals surface area contributed by atoms with Crippen molar-refractivity contribution in [1.82, 2.24) is 29.5 Å². The summed E-state index contributed by atoms with van der Waals surface area (Å²) in [7, 11) is 5.61. The Morgan fingerprint density at radius 1 is 0.889 bits per heavy atom. The van der Waals surface area contributed by atoms with Crippen LogP contribution in [0.4, 0.5) is 11.8 Å². The Balaban J connectivity index is 1.26. The molecule has 0 spiro atoms. The van der Waals surface area contributed by atoms with Gasteiger partial charge in [-0.25, -0.2) is 4.98 Å². The van der Waals surface area contributed by atoms with E-state index in [1.807, 2.05) is 49.2 Å². The summed E-state index contributed by atoms with van der Waals surface area (Å²) >= 11 is 0. The minimum absolute atomic E-state index is 0.0120. The highest BCUT2D eigenvalue weighted by atomic mass is 16.5. The molecule has 2 fully saturated rings. The molecule has 0 saturated carbocycles. The fraction of sp³-hybridized carbons (Fsp3) is 0.462. The van der Waals surface area contributed by atoms with E-state index in [1.165, 1.54) is 0 Å². The van der Waals surface area contributed by atoms with Crippen LogP contribution in [0.5, 0.6) is 5.75 Å². The second-order valence-corrected chi connectivity index (χ2v) is 9.51. The summed E-state index contributed by atoms with van der Waals surface area (Å²) in [5, 5.41) is 4.58. The van der Waals surface area contributed by atoms with Crippen molar-refractivity contribution in [3.63, 3.8) is 0 Å². The SMILES string of the molecule is COc1cccc(-c2cc(C(=O)N3CCN(c4nc(C)cc(N5CCN(C)CC5)n4)CC3)n(C)n2)c1. The van der Waals surface area contributed by atoms with Crippen LogP contribution in [-0.4, -0.2) is 102 Å². The second-order valence-electron chi connectivity index (χ2n) is 9.51. The molecule has 0 radical (unpaired) electrons. The molecule has 0 atom stereocenters. The maximum Gasteiger partial charge on any atom is 0.272 e. The van der Waals surface area contributed by atoms with Crippen LogP contribution in [0.25, 0.3) is 11.3 Å². The number of likely N-dealkylation sites (N-methyl/N-ethyl adjacent to an activating group) is 1. The molecule has 2 saturated heterocycles. The summed E-state index contributed by atoms with van der Waals surface area (Å²) < 4.78 is 6.99. The number of rotatable bonds is 5. The predicted molar refractivity (Wildman–Crippen MR) is 140 cm³/mol. The summed E-state index contributed by atoms with van der Waals surface area (Å²) in [4.78, 5) is 31.7. The number of aromatic nitrogens is 4. The van der Waals surface area contributed by atoms with E-state index in [0.717, 1.165) is 60.6 Å². The third-order valence-electron chi connectivity index (χ3n) is 6.97. The van der Waals surface area contributed by atoms with E-state index in [-0.39, 0.29) is 5.91 Å². The molecule has 1 amide bonds. The average Bonchev–Trinajstić information content (AvgIpc) is 3.30. The van der Waals surface area contributed by atoms with E-state index in [1.54, 1.807) is 11.8 Å². The van der Waals surface area contributed by atoms with E-state index in [0.29, 0.717) is 31.9 Å². The van der Waals surface area contributed by atoms with Gasteiger partial charge in [0.05, 0.1) is 12.8 Å². The topological polar surface area (TPSA) is 82.9 Å². The van der Waals surface area contributed by atoms with Crippen molar-refractivity contribution in [3.8, 4) is 17.0 Å². The summed E-state index contributed by atoms with van der Waals surface area (Å²) in [6.45, 7) is 8.63. The lowest BCUT2D eigenvalue weighted by Crippen LogP contribution is -2.50. The normalized spacial score (nSPS) is 16.9. The molecule has 0 unspecified atom stereocenters. The lowest BCUT2D eigenvalue weighted by Gasteiger charge is -2.36. The molecule has 190 valence electrons. The lowest BCUT2D eigenvalue weighted by molar-refractivity contribution is 0.0735. The maximum atomic E-state index is 13.4. The molecule has 3 aromatic rings. The van der Waals surface area contributed by atoms with Crippen LogP contribution >= 0.6 is 0 Å². The monoisotopic (exact) mass is 490 g/mol. The minimum Gasteiger partial charge on any atom is -0.497 e. The van der Waals surface area contributed by atoms with Gasteiger partial charge in [-0.15, -0.1) is 0 Å². The van der Waals surface area contributed by atoms with Gasteiger partial charge in [-0.3, -0.25) is 9.48 Å². The quantitative estimate of drug-likeness (QED) is 0.537. The van der Waals surface area contributed by atoms with Crippen LogP contribution in [-0.2, 0) is 7.05 Å². The highest BCUT2D eigenvalue weighted by Gasteiger charge is 2.27. The van der Waals surface area contributed by atoms with Crippen LogP contribution in [0.2, 0.25) is 0 Å². The van der Waals surface area contributed by atoms with E-state index < -0.39 is 0 Å². The summed E-state index contributed by atoms with van der Waals surface area (Å²) in [5.41, 5.74) is 3.21. The molecule has 10 nitrogen and oxygen atoms in total. The van der Waals surface area contributed by atoms with Crippen molar-refractivity contribution in [1.29, 1.82) is 0 Å². The number of hydrogen-bond donors (Lipinski definition) is 0. The first kappa shape index (κ1) is 24.1.